The first-order valence-corrected chi connectivity index (χ1v) is 10.1. The third-order valence-corrected chi connectivity index (χ3v) is 5.70. The molecule has 1 saturated heterocycles. The summed E-state index contributed by atoms with van der Waals surface area (Å²) in [5, 5.41) is 3.10. The molecule has 9 nitrogen and oxygen atoms in total. The van der Waals surface area contributed by atoms with Gasteiger partial charge in [0.15, 0.2) is 5.78 Å². The molecule has 0 spiro atoms. The summed E-state index contributed by atoms with van der Waals surface area (Å²) in [6.45, 7) is 3.09. The second-order valence-corrected chi connectivity index (χ2v) is 7.51. The molecule has 154 valence electrons. The number of hydrogen-bond acceptors (Lipinski definition) is 9. The average Bonchev–Trinajstić information content (AvgIpc) is 3.34. The number of furan rings is 1. The number of fused-ring (bicyclic) bond motifs is 1. The van der Waals surface area contributed by atoms with Crippen LogP contribution in [0.15, 0.2) is 41.3 Å². The Morgan fingerprint density at radius 1 is 1.00 bits per heavy atom. The normalized spacial score (nSPS) is 19.0. The van der Waals surface area contributed by atoms with Gasteiger partial charge in [0.25, 0.3) is 0 Å². The highest BCUT2D eigenvalue weighted by atomic mass is 16.3. The van der Waals surface area contributed by atoms with Crippen LogP contribution < -0.4 is 15.1 Å². The van der Waals surface area contributed by atoms with E-state index >= 15 is 0 Å². The van der Waals surface area contributed by atoms with Gasteiger partial charge < -0.3 is 19.5 Å². The fourth-order valence-corrected chi connectivity index (χ4v) is 4.17. The Morgan fingerprint density at radius 3 is 2.40 bits per heavy atom. The molecular weight excluding hydrogens is 382 g/mol. The Kier molecular flexibility index (Phi) is 4.78. The van der Waals surface area contributed by atoms with Crippen LogP contribution in [0.25, 0.3) is 0 Å². The van der Waals surface area contributed by atoms with E-state index in [1.165, 1.54) is 0 Å². The lowest BCUT2D eigenvalue weighted by molar-refractivity contribution is 0.0959. The van der Waals surface area contributed by atoms with E-state index in [1.807, 2.05) is 18.2 Å². The van der Waals surface area contributed by atoms with Crippen LogP contribution in [-0.4, -0.2) is 58.9 Å². The molecule has 0 radical (unpaired) electrons. The number of anilines is 3. The molecule has 3 aromatic heterocycles. The minimum atomic E-state index is 0.0135. The number of nitrogens with one attached hydrogen (secondary N) is 1. The maximum Gasteiger partial charge on any atom is 0.227 e. The van der Waals surface area contributed by atoms with Crippen LogP contribution in [0.3, 0.4) is 0 Å². The number of ketones is 1. The molecule has 3 aromatic rings. The van der Waals surface area contributed by atoms with E-state index in [0.29, 0.717) is 30.2 Å². The lowest BCUT2D eigenvalue weighted by Gasteiger charge is -2.35. The molecule has 1 fully saturated rings. The Bertz CT molecular complexity index is 1030. The summed E-state index contributed by atoms with van der Waals surface area (Å²) < 4.78 is 5.55. The Hall–Kier alpha value is -3.49. The zero-order chi connectivity index (χ0) is 20.5. The van der Waals surface area contributed by atoms with Crippen LogP contribution in [0, 0.1) is 0 Å². The zero-order valence-corrected chi connectivity index (χ0v) is 16.8. The monoisotopic (exact) mass is 405 g/mol. The standard InChI is InChI=1S/C21H23N7O2/c1-22-19-18-15(12-14(13-16(18)29)17-4-2-11-30-17)25-21(26-19)28-9-7-27(8-10-28)20-23-5-3-6-24-20/h2-6,11,14H,7-10,12-13H2,1H3,(H,22,25,26)/t14-/m1/s1. The number of Topliss-reactive ketones (excluding diaryl/α,β-unsaturated/α-hetero) is 1. The van der Waals surface area contributed by atoms with E-state index in [2.05, 4.69) is 30.1 Å². The summed E-state index contributed by atoms with van der Waals surface area (Å²) in [5.41, 5.74) is 1.40. The van der Waals surface area contributed by atoms with Gasteiger partial charge in [0.05, 0.1) is 17.5 Å². The number of nitrogens with zero attached hydrogens (tertiary/aromatic N) is 6. The van der Waals surface area contributed by atoms with E-state index in [4.69, 9.17) is 9.40 Å². The van der Waals surface area contributed by atoms with E-state index in [1.54, 1.807) is 25.7 Å². The molecule has 9 heteroatoms. The highest BCUT2D eigenvalue weighted by Gasteiger charge is 2.33. The Balaban J connectivity index is 1.39. The molecule has 1 N–H and O–H groups in total. The summed E-state index contributed by atoms with van der Waals surface area (Å²) in [6.07, 6.45) is 6.24. The van der Waals surface area contributed by atoms with Crippen molar-refractivity contribution in [1.82, 2.24) is 19.9 Å². The van der Waals surface area contributed by atoms with Crippen LogP contribution in [0.2, 0.25) is 0 Å². The van der Waals surface area contributed by atoms with Gasteiger partial charge in [-0.3, -0.25) is 4.79 Å². The van der Waals surface area contributed by atoms with Crippen molar-refractivity contribution in [3.63, 3.8) is 0 Å². The number of hydrogen-bond donors (Lipinski definition) is 1. The SMILES string of the molecule is CNc1nc(N2CCN(c3ncccn3)CC2)nc2c1C(=O)C[C@H](c1ccco1)C2. The molecule has 30 heavy (non-hydrogen) atoms. The Morgan fingerprint density at radius 2 is 1.73 bits per heavy atom. The molecule has 5 rings (SSSR count). The molecular formula is C21H23N7O2. The van der Waals surface area contributed by atoms with Crippen molar-refractivity contribution in [2.24, 2.45) is 0 Å². The third kappa shape index (κ3) is 3.36. The fraction of sp³-hybridized carbons (Fsp3) is 0.381. The van der Waals surface area contributed by atoms with Gasteiger partial charge in [0.1, 0.15) is 11.6 Å². The van der Waals surface area contributed by atoms with Crippen LogP contribution in [0.1, 0.15) is 34.2 Å². The van der Waals surface area contributed by atoms with Crippen molar-refractivity contribution in [1.29, 1.82) is 0 Å². The predicted octanol–water partition coefficient (Wildman–Crippen LogP) is 2.14. The molecule has 0 bridgehead atoms. The van der Waals surface area contributed by atoms with Crippen molar-refractivity contribution >= 4 is 23.5 Å². The van der Waals surface area contributed by atoms with E-state index in [0.717, 1.165) is 43.6 Å². The zero-order valence-electron chi connectivity index (χ0n) is 16.8. The largest absolute Gasteiger partial charge is 0.469 e. The van der Waals surface area contributed by atoms with Gasteiger partial charge >= 0.3 is 0 Å². The molecule has 1 aliphatic heterocycles. The smallest absolute Gasteiger partial charge is 0.227 e. The maximum atomic E-state index is 12.9. The molecule has 4 heterocycles. The molecule has 0 unspecified atom stereocenters. The van der Waals surface area contributed by atoms with Crippen LogP contribution in [0.4, 0.5) is 17.7 Å². The number of rotatable bonds is 4. The van der Waals surface area contributed by atoms with Crippen molar-refractivity contribution in [3.05, 3.63) is 53.9 Å². The first-order chi connectivity index (χ1) is 14.7. The third-order valence-electron chi connectivity index (χ3n) is 5.70. The van der Waals surface area contributed by atoms with Gasteiger partial charge in [-0.2, -0.15) is 4.98 Å². The second kappa shape index (κ2) is 7.74. The average molecular weight is 405 g/mol. The van der Waals surface area contributed by atoms with Gasteiger partial charge in [0, 0.05) is 64.4 Å². The lowest BCUT2D eigenvalue weighted by atomic mass is 9.84. The first-order valence-electron chi connectivity index (χ1n) is 10.1. The molecule has 0 amide bonds. The maximum absolute atomic E-state index is 12.9. The highest BCUT2D eigenvalue weighted by molar-refractivity contribution is 6.03. The summed E-state index contributed by atoms with van der Waals surface area (Å²) in [5.74, 6) is 2.90. The van der Waals surface area contributed by atoms with Gasteiger partial charge in [-0.25, -0.2) is 15.0 Å². The van der Waals surface area contributed by atoms with Crippen LogP contribution >= 0.6 is 0 Å². The fourth-order valence-electron chi connectivity index (χ4n) is 4.17. The number of carbonyl (C=O) groups is 1. The molecule has 0 aromatic carbocycles. The molecule has 2 aliphatic rings. The minimum absolute atomic E-state index is 0.0135. The first kappa shape index (κ1) is 18.5. The van der Waals surface area contributed by atoms with E-state index < -0.39 is 0 Å². The topological polar surface area (TPSA) is 100 Å². The van der Waals surface area contributed by atoms with Gasteiger partial charge in [-0.1, -0.05) is 0 Å². The Labute approximate surface area is 174 Å². The van der Waals surface area contributed by atoms with Crippen LogP contribution in [0.5, 0.6) is 0 Å². The quantitative estimate of drug-likeness (QED) is 0.699. The molecule has 0 saturated carbocycles. The van der Waals surface area contributed by atoms with Gasteiger partial charge in [-0.05, 0) is 18.2 Å². The number of aromatic nitrogens is 4. The highest BCUT2D eigenvalue weighted by Crippen LogP contribution is 2.35. The summed E-state index contributed by atoms with van der Waals surface area (Å²) in [6, 6.07) is 5.60. The summed E-state index contributed by atoms with van der Waals surface area (Å²) in [7, 11) is 1.79. The minimum Gasteiger partial charge on any atom is -0.469 e. The van der Waals surface area contributed by atoms with Crippen molar-refractivity contribution in [3.8, 4) is 0 Å². The molecule has 1 aliphatic carbocycles. The van der Waals surface area contributed by atoms with Gasteiger partial charge in [0.2, 0.25) is 11.9 Å². The van der Waals surface area contributed by atoms with E-state index in [9.17, 15) is 4.79 Å². The predicted molar refractivity (Wildman–Crippen MR) is 112 cm³/mol. The van der Waals surface area contributed by atoms with Gasteiger partial charge in [-0.15, -0.1) is 0 Å². The number of piperazine rings is 1. The van der Waals surface area contributed by atoms with Crippen LogP contribution in [-0.2, 0) is 6.42 Å². The summed E-state index contributed by atoms with van der Waals surface area (Å²) >= 11 is 0. The molecule has 1 atom stereocenters. The van der Waals surface area contributed by atoms with Crippen molar-refractivity contribution in [2.75, 3.05) is 48.3 Å². The lowest BCUT2D eigenvalue weighted by Crippen LogP contribution is -2.48. The van der Waals surface area contributed by atoms with Crippen molar-refractivity contribution < 1.29 is 9.21 Å². The number of carbonyl (C=O) groups excluding carboxylic acids is 1. The van der Waals surface area contributed by atoms with E-state index in [-0.39, 0.29) is 11.7 Å². The van der Waals surface area contributed by atoms with Crippen molar-refractivity contribution in [2.45, 2.75) is 18.8 Å². The second-order valence-electron chi connectivity index (χ2n) is 7.51. The summed E-state index contributed by atoms with van der Waals surface area (Å²) in [4.78, 5) is 35.3.